The Bertz CT molecular complexity index is 652. The summed E-state index contributed by atoms with van der Waals surface area (Å²) in [7, 11) is 0. The Morgan fingerprint density at radius 2 is 0.944 bits per heavy atom. The minimum Gasteiger partial charge on any atom is -0.506 e. The average molecular weight is 239 g/mol. The Labute approximate surface area is 104 Å². The number of anilines is 3. The molecule has 90 valence electrons. The van der Waals surface area contributed by atoms with Crippen molar-refractivity contribution in [1.29, 1.82) is 0 Å². The zero-order valence-electron chi connectivity index (χ0n) is 9.64. The third kappa shape index (κ3) is 1.47. The summed E-state index contributed by atoms with van der Waals surface area (Å²) < 4.78 is 0. The van der Waals surface area contributed by atoms with E-state index in [0.29, 0.717) is 17.1 Å². The van der Waals surface area contributed by atoms with Crippen molar-refractivity contribution in [2.45, 2.75) is 0 Å². The van der Waals surface area contributed by atoms with Gasteiger partial charge in [-0.1, -0.05) is 0 Å². The summed E-state index contributed by atoms with van der Waals surface area (Å²) >= 11 is 0. The number of benzene rings is 3. The molecule has 3 aromatic carbocycles. The first-order valence-corrected chi connectivity index (χ1v) is 5.55. The van der Waals surface area contributed by atoms with Crippen molar-refractivity contribution in [3.63, 3.8) is 0 Å². The number of hydrogen-bond acceptors (Lipinski definition) is 4. The van der Waals surface area contributed by atoms with Crippen LogP contribution in [0.4, 0.5) is 17.1 Å². The largest absolute Gasteiger partial charge is 0.506 e. The molecule has 0 amide bonds. The van der Waals surface area contributed by atoms with Gasteiger partial charge in [-0.15, -0.1) is 0 Å². The number of fused-ring (bicyclic) bond motifs is 2. The van der Waals surface area contributed by atoms with Crippen molar-refractivity contribution < 1.29 is 5.11 Å². The minimum absolute atomic E-state index is 0.0882. The zero-order valence-corrected chi connectivity index (χ0v) is 9.64. The van der Waals surface area contributed by atoms with Crippen LogP contribution in [0.3, 0.4) is 0 Å². The molecule has 3 rings (SSSR count). The van der Waals surface area contributed by atoms with Gasteiger partial charge in [0.05, 0.1) is 17.1 Å². The monoisotopic (exact) mass is 239 g/mol. The molecule has 0 unspecified atom stereocenters. The van der Waals surface area contributed by atoms with E-state index in [1.165, 1.54) is 0 Å². The highest BCUT2D eigenvalue weighted by atomic mass is 16.3. The summed E-state index contributed by atoms with van der Waals surface area (Å²) in [6.45, 7) is 0. The third-order valence-electron chi connectivity index (χ3n) is 3.14. The maximum absolute atomic E-state index is 9.62. The first-order valence-electron chi connectivity index (χ1n) is 5.55. The van der Waals surface area contributed by atoms with Crippen molar-refractivity contribution in [3.8, 4) is 5.75 Å². The number of phenolic OH excluding ortho intramolecular Hbond substituents is 1. The van der Waals surface area contributed by atoms with Gasteiger partial charge in [-0.2, -0.15) is 0 Å². The molecule has 0 atom stereocenters. The predicted molar refractivity (Wildman–Crippen MR) is 76.4 cm³/mol. The van der Waals surface area contributed by atoms with Gasteiger partial charge in [0.1, 0.15) is 5.75 Å². The van der Waals surface area contributed by atoms with Crippen LogP contribution in [-0.2, 0) is 0 Å². The normalized spacial score (nSPS) is 11.1. The van der Waals surface area contributed by atoms with Gasteiger partial charge in [0.25, 0.3) is 0 Å². The molecule has 0 aliphatic carbocycles. The molecule has 4 heteroatoms. The average Bonchev–Trinajstić information content (AvgIpc) is 2.31. The van der Waals surface area contributed by atoms with Gasteiger partial charge in [0, 0.05) is 0 Å². The Morgan fingerprint density at radius 1 is 0.556 bits per heavy atom. The number of hydrogen-bond donors (Lipinski definition) is 4. The molecule has 4 nitrogen and oxygen atoms in total. The lowest BCUT2D eigenvalue weighted by atomic mass is 10.0. The lowest BCUT2D eigenvalue weighted by Gasteiger charge is -2.07. The van der Waals surface area contributed by atoms with Crippen molar-refractivity contribution in [3.05, 3.63) is 36.4 Å². The molecule has 0 bridgehead atoms. The van der Waals surface area contributed by atoms with Crippen LogP contribution in [0.2, 0.25) is 0 Å². The second-order valence-corrected chi connectivity index (χ2v) is 4.44. The maximum Gasteiger partial charge on any atom is 0.139 e. The van der Waals surface area contributed by atoms with E-state index < -0.39 is 0 Å². The maximum atomic E-state index is 9.62. The summed E-state index contributed by atoms with van der Waals surface area (Å²) in [4.78, 5) is 0. The van der Waals surface area contributed by atoms with Crippen molar-refractivity contribution in [1.82, 2.24) is 0 Å². The molecule has 0 saturated carbocycles. The van der Waals surface area contributed by atoms with E-state index in [2.05, 4.69) is 0 Å². The van der Waals surface area contributed by atoms with Gasteiger partial charge in [-0.25, -0.2) is 0 Å². The van der Waals surface area contributed by atoms with Crippen LogP contribution in [-0.4, -0.2) is 5.11 Å². The van der Waals surface area contributed by atoms with E-state index in [1.807, 2.05) is 24.3 Å². The van der Waals surface area contributed by atoms with Gasteiger partial charge in [-0.3, -0.25) is 0 Å². The number of nitrogen functional groups attached to an aromatic ring is 3. The highest BCUT2D eigenvalue weighted by Gasteiger charge is 2.04. The standard InChI is InChI=1S/C14H13N3O/c15-11-3-7-1-9-5-13(17)14(18)6-10(9)2-8(7)4-12(11)16/h1-6,18H,15-17H2. The molecule has 18 heavy (non-hydrogen) atoms. The fraction of sp³-hybridized carbons (Fsp3) is 0. The van der Waals surface area contributed by atoms with Gasteiger partial charge in [-0.05, 0) is 57.9 Å². The number of aromatic hydroxyl groups is 1. The van der Waals surface area contributed by atoms with E-state index in [-0.39, 0.29) is 5.75 Å². The molecular formula is C14H13N3O. The van der Waals surface area contributed by atoms with Crippen LogP contribution in [0, 0.1) is 0 Å². The highest BCUT2D eigenvalue weighted by Crippen LogP contribution is 2.32. The van der Waals surface area contributed by atoms with Gasteiger partial charge < -0.3 is 22.3 Å². The zero-order chi connectivity index (χ0) is 12.9. The first-order chi connectivity index (χ1) is 8.54. The lowest BCUT2D eigenvalue weighted by molar-refractivity contribution is 0.479. The van der Waals surface area contributed by atoms with E-state index in [4.69, 9.17) is 17.2 Å². The molecule has 0 aromatic heterocycles. The molecule has 3 aromatic rings. The molecule has 0 heterocycles. The number of nitrogens with two attached hydrogens (primary N) is 3. The predicted octanol–water partition coefficient (Wildman–Crippen LogP) is 2.45. The summed E-state index contributed by atoms with van der Waals surface area (Å²) in [6, 6.07) is 11.0. The summed E-state index contributed by atoms with van der Waals surface area (Å²) in [5.74, 6) is 0.0882. The Hall–Kier alpha value is -2.62. The van der Waals surface area contributed by atoms with E-state index in [0.717, 1.165) is 21.5 Å². The SMILES string of the molecule is Nc1cc2cc3cc(N)c(O)cc3cc2cc1N. The van der Waals surface area contributed by atoms with Crippen LogP contribution in [0.25, 0.3) is 21.5 Å². The lowest BCUT2D eigenvalue weighted by Crippen LogP contribution is -1.94. The molecule has 0 radical (unpaired) electrons. The van der Waals surface area contributed by atoms with Gasteiger partial charge in [0.2, 0.25) is 0 Å². The summed E-state index contributed by atoms with van der Waals surface area (Å²) in [6.07, 6.45) is 0. The summed E-state index contributed by atoms with van der Waals surface area (Å²) in [5, 5.41) is 13.5. The van der Waals surface area contributed by atoms with Crippen LogP contribution in [0.1, 0.15) is 0 Å². The molecule has 0 saturated heterocycles. The highest BCUT2D eigenvalue weighted by molar-refractivity contribution is 6.02. The molecule has 0 spiro atoms. The van der Waals surface area contributed by atoms with Crippen molar-refractivity contribution >= 4 is 38.6 Å². The van der Waals surface area contributed by atoms with Crippen LogP contribution >= 0.6 is 0 Å². The Morgan fingerprint density at radius 3 is 1.44 bits per heavy atom. The topological polar surface area (TPSA) is 98.3 Å². The summed E-state index contributed by atoms with van der Waals surface area (Å²) in [5.41, 5.74) is 18.8. The molecule has 7 N–H and O–H groups in total. The molecule has 0 aliphatic heterocycles. The van der Waals surface area contributed by atoms with Crippen molar-refractivity contribution in [2.24, 2.45) is 0 Å². The van der Waals surface area contributed by atoms with E-state index in [1.54, 1.807) is 12.1 Å². The van der Waals surface area contributed by atoms with Gasteiger partial charge >= 0.3 is 0 Å². The second kappa shape index (κ2) is 3.43. The fourth-order valence-corrected chi connectivity index (χ4v) is 2.14. The third-order valence-corrected chi connectivity index (χ3v) is 3.14. The van der Waals surface area contributed by atoms with Crippen molar-refractivity contribution in [2.75, 3.05) is 17.2 Å². The number of rotatable bonds is 0. The second-order valence-electron chi connectivity index (χ2n) is 4.44. The van der Waals surface area contributed by atoms with Crippen LogP contribution < -0.4 is 17.2 Å². The van der Waals surface area contributed by atoms with Crippen LogP contribution in [0.15, 0.2) is 36.4 Å². The minimum atomic E-state index is 0.0882. The van der Waals surface area contributed by atoms with Gasteiger partial charge in [0.15, 0.2) is 0 Å². The smallest absolute Gasteiger partial charge is 0.139 e. The van der Waals surface area contributed by atoms with Crippen LogP contribution in [0.5, 0.6) is 5.75 Å². The van der Waals surface area contributed by atoms with E-state index >= 15 is 0 Å². The fourth-order valence-electron chi connectivity index (χ4n) is 2.14. The quantitative estimate of drug-likeness (QED) is 0.275. The molecule has 0 fully saturated rings. The molecule has 0 aliphatic rings. The molecular weight excluding hydrogens is 226 g/mol. The first kappa shape index (κ1) is 10.5. The Balaban J connectivity index is 2.43. The Kier molecular flexibility index (Phi) is 2.01. The number of phenols is 1. The van der Waals surface area contributed by atoms with E-state index in [9.17, 15) is 5.11 Å².